The van der Waals surface area contributed by atoms with E-state index in [2.05, 4.69) is 49.9 Å². The third kappa shape index (κ3) is 3.69. The zero-order chi connectivity index (χ0) is 19.1. The van der Waals surface area contributed by atoms with Crippen LogP contribution < -0.4 is 11.1 Å². The fraction of sp³-hybridized carbons (Fsp3) is 0.500. The molecule has 1 aliphatic rings. The average molecular weight is 353 g/mol. The molecule has 6 nitrogen and oxygen atoms in total. The Morgan fingerprint density at radius 3 is 2.69 bits per heavy atom. The van der Waals surface area contributed by atoms with Gasteiger partial charge in [-0.15, -0.1) is 0 Å². The molecule has 26 heavy (non-hydrogen) atoms. The molecule has 0 aliphatic heterocycles. The van der Waals surface area contributed by atoms with Crippen LogP contribution >= 0.6 is 0 Å². The second-order valence-corrected chi connectivity index (χ2v) is 8.85. The Labute approximate surface area is 154 Å². The molecule has 0 radical (unpaired) electrons. The topological polar surface area (TPSA) is 93.8 Å². The Bertz CT molecular complexity index is 838. The lowest BCUT2D eigenvalue weighted by molar-refractivity contribution is 0.100. The summed E-state index contributed by atoms with van der Waals surface area (Å²) < 4.78 is 0. The number of nitrogens with two attached hydrogens (primary N) is 1. The van der Waals surface area contributed by atoms with Crippen molar-refractivity contribution in [1.29, 1.82) is 0 Å². The fourth-order valence-electron chi connectivity index (χ4n) is 3.42. The highest BCUT2D eigenvalue weighted by atomic mass is 16.1. The van der Waals surface area contributed by atoms with Crippen LogP contribution in [0.2, 0.25) is 0 Å². The number of fused-ring (bicyclic) bond motifs is 1. The minimum absolute atomic E-state index is 0.0178. The Morgan fingerprint density at radius 1 is 1.31 bits per heavy atom. The van der Waals surface area contributed by atoms with E-state index in [4.69, 9.17) is 10.7 Å². The lowest BCUT2D eigenvalue weighted by Crippen LogP contribution is -2.32. The first kappa shape index (κ1) is 18.3. The first-order chi connectivity index (χ1) is 12.1. The van der Waals surface area contributed by atoms with Crippen LogP contribution in [0.5, 0.6) is 0 Å². The summed E-state index contributed by atoms with van der Waals surface area (Å²) in [5, 5.41) is 3.41. The number of pyridine rings is 1. The summed E-state index contributed by atoms with van der Waals surface area (Å²) in [5.74, 6) is 0.868. The molecule has 138 valence electrons. The van der Waals surface area contributed by atoms with Gasteiger partial charge in [-0.2, -0.15) is 0 Å². The molecule has 2 heterocycles. The Hall–Kier alpha value is -2.50. The molecule has 0 bridgehead atoms. The highest BCUT2D eigenvalue weighted by Gasteiger charge is 2.35. The van der Waals surface area contributed by atoms with Crippen LogP contribution in [0.1, 0.15) is 74.5 Å². The second-order valence-electron chi connectivity index (χ2n) is 8.85. The second kappa shape index (κ2) is 6.34. The summed E-state index contributed by atoms with van der Waals surface area (Å²) in [7, 11) is 0. The van der Waals surface area contributed by atoms with Gasteiger partial charge in [0.2, 0.25) is 0 Å². The van der Waals surface area contributed by atoms with Gasteiger partial charge >= 0.3 is 0 Å². The number of rotatable bonds is 3. The van der Waals surface area contributed by atoms with Crippen molar-refractivity contribution in [3.05, 3.63) is 47.2 Å². The van der Waals surface area contributed by atoms with E-state index in [9.17, 15) is 4.79 Å². The van der Waals surface area contributed by atoms with Gasteiger partial charge < -0.3 is 11.1 Å². The van der Waals surface area contributed by atoms with Gasteiger partial charge in [-0.25, -0.2) is 15.0 Å². The third-order valence-corrected chi connectivity index (χ3v) is 4.73. The quantitative estimate of drug-likeness (QED) is 0.882. The zero-order valence-electron chi connectivity index (χ0n) is 16.1. The van der Waals surface area contributed by atoms with E-state index in [1.165, 1.54) is 0 Å². The van der Waals surface area contributed by atoms with E-state index in [0.29, 0.717) is 11.4 Å². The van der Waals surface area contributed by atoms with Crippen LogP contribution in [-0.4, -0.2) is 20.9 Å². The van der Waals surface area contributed by atoms with E-state index in [1.807, 2.05) is 6.20 Å². The maximum atomic E-state index is 11.7. The summed E-state index contributed by atoms with van der Waals surface area (Å²) in [6, 6.07) is 3.38. The largest absolute Gasteiger partial charge is 0.365 e. The first-order valence-electron chi connectivity index (χ1n) is 8.94. The van der Waals surface area contributed by atoms with Gasteiger partial charge in [0, 0.05) is 29.1 Å². The molecule has 3 N–H and O–H groups in total. The minimum atomic E-state index is -0.491. The molecule has 0 saturated heterocycles. The van der Waals surface area contributed by atoms with Crippen molar-refractivity contribution in [1.82, 2.24) is 15.0 Å². The standard InChI is InChI=1S/C20H27N5O/c1-19(2,3)18-23-11-13-14(9-20(4,5)10-15(13)25-18)24-17-12(16(21)26)7-6-8-22-17/h6-8,11,14H,9-10H2,1-5H3,(H2,21,26)(H,22,24). The van der Waals surface area contributed by atoms with Gasteiger partial charge in [-0.05, 0) is 30.4 Å². The first-order valence-corrected chi connectivity index (χ1v) is 8.94. The molecule has 1 unspecified atom stereocenters. The Balaban J connectivity index is 2.01. The molecule has 6 heteroatoms. The smallest absolute Gasteiger partial charge is 0.252 e. The molecule has 1 aliphatic carbocycles. The van der Waals surface area contributed by atoms with Crippen molar-refractivity contribution in [2.45, 2.75) is 58.9 Å². The van der Waals surface area contributed by atoms with Gasteiger partial charge in [0.1, 0.15) is 11.6 Å². The molecule has 0 aromatic carbocycles. The number of hydrogen-bond donors (Lipinski definition) is 2. The van der Waals surface area contributed by atoms with Crippen LogP contribution in [0.4, 0.5) is 5.82 Å². The van der Waals surface area contributed by atoms with Crippen molar-refractivity contribution in [2.24, 2.45) is 11.1 Å². The summed E-state index contributed by atoms with van der Waals surface area (Å²) in [4.78, 5) is 25.5. The summed E-state index contributed by atoms with van der Waals surface area (Å²) in [6.07, 6.45) is 5.37. The molecular formula is C20H27N5O. The molecule has 0 fully saturated rings. The van der Waals surface area contributed by atoms with E-state index < -0.39 is 5.91 Å². The molecule has 2 aromatic rings. The molecular weight excluding hydrogens is 326 g/mol. The predicted molar refractivity (Wildman–Crippen MR) is 102 cm³/mol. The van der Waals surface area contributed by atoms with E-state index in [-0.39, 0.29) is 16.9 Å². The SMILES string of the molecule is CC1(C)Cc2nc(C(C)(C)C)ncc2C(Nc2ncccc2C(N)=O)C1. The van der Waals surface area contributed by atoms with Crippen molar-refractivity contribution in [2.75, 3.05) is 5.32 Å². The van der Waals surface area contributed by atoms with Crippen molar-refractivity contribution >= 4 is 11.7 Å². The van der Waals surface area contributed by atoms with Gasteiger partial charge in [0.05, 0.1) is 11.6 Å². The van der Waals surface area contributed by atoms with Crippen molar-refractivity contribution < 1.29 is 4.79 Å². The third-order valence-electron chi connectivity index (χ3n) is 4.73. The molecule has 2 aromatic heterocycles. The number of nitrogens with one attached hydrogen (secondary N) is 1. The maximum absolute atomic E-state index is 11.7. The molecule has 0 saturated carbocycles. The number of aromatic nitrogens is 3. The van der Waals surface area contributed by atoms with Crippen LogP contribution in [0, 0.1) is 5.41 Å². The van der Waals surface area contributed by atoms with Crippen LogP contribution in [0.25, 0.3) is 0 Å². The number of hydrogen-bond acceptors (Lipinski definition) is 5. The Morgan fingerprint density at radius 2 is 2.04 bits per heavy atom. The monoisotopic (exact) mass is 353 g/mol. The van der Waals surface area contributed by atoms with Gasteiger partial charge in [0.15, 0.2) is 0 Å². The van der Waals surface area contributed by atoms with Gasteiger partial charge in [-0.3, -0.25) is 4.79 Å². The lowest BCUT2D eigenvalue weighted by Gasteiger charge is -2.37. The predicted octanol–water partition coefficient (Wildman–Crippen LogP) is 3.39. The van der Waals surface area contributed by atoms with Crippen molar-refractivity contribution in [3.8, 4) is 0 Å². The number of carbonyl (C=O) groups excluding carboxylic acids is 1. The van der Waals surface area contributed by atoms with Crippen LogP contribution in [0.15, 0.2) is 24.5 Å². The van der Waals surface area contributed by atoms with E-state index >= 15 is 0 Å². The zero-order valence-corrected chi connectivity index (χ0v) is 16.1. The van der Waals surface area contributed by atoms with Crippen LogP contribution in [-0.2, 0) is 11.8 Å². The minimum Gasteiger partial charge on any atom is -0.365 e. The Kier molecular flexibility index (Phi) is 4.46. The fourth-order valence-corrected chi connectivity index (χ4v) is 3.42. The number of amides is 1. The summed E-state index contributed by atoms with van der Waals surface area (Å²) >= 11 is 0. The van der Waals surface area contributed by atoms with Gasteiger partial charge in [0.25, 0.3) is 5.91 Å². The number of primary amides is 1. The lowest BCUT2D eigenvalue weighted by atomic mass is 9.74. The number of carbonyl (C=O) groups is 1. The molecule has 3 rings (SSSR count). The molecule has 0 spiro atoms. The number of anilines is 1. The average Bonchev–Trinajstić information content (AvgIpc) is 2.52. The van der Waals surface area contributed by atoms with Crippen LogP contribution in [0.3, 0.4) is 0 Å². The summed E-state index contributed by atoms with van der Waals surface area (Å²) in [6.45, 7) is 10.8. The van der Waals surface area contributed by atoms with E-state index in [0.717, 1.165) is 29.9 Å². The van der Waals surface area contributed by atoms with Crippen molar-refractivity contribution in [3.63, 3.8) is 0 Å². The van der Waals surface area contributed by atoms with Gasteiger partial charge in [-0.1, -0.05) is 34.6 Å². The molecule has 1 amide bonds. The highest BCUT2D eigenvalue weighted by molar-refractivity contribution is 5.97. The number of nitrogens with zero attached hydrogens (tertiary/aromatic N) is 3. The highest BCUT2D eigenvalue weighted by Crippen LogP contribution is 2.41. The maximum Gasteiger partial charge on any atom is 0.252 e. The molecule has 1 atom stereocenters. The van der Waals surface area contributed by atoms with E-state index in [1.54, 1.807) is 18.3 Å². The normalized spacial score (nSPS) is 18.9. The summed E-state index contributed by atoms with van der Waals surface area (Å²) in [5.41, 5.74) is 8.00.